The van der Waals surface area contributed by atoms with E-state index in [4.69, 9.17) is 4.74 Å². The molecule has 1 rings (SSSR count). The number of carbonyl (C=O) groups is 1. The summed E-state index contributed by atoms with van der Waals surface area (Å²) >= 11 is 0. The van der Waals surface area contributed by atoms with E-state index in [0.29, 0.717) is 0 Å². The second kappa shape index (κ2) is 5.19. The Bertz CT molecular complexity index is 310. The van der Waals surface area contributed by atoms with Crippen LogP contribution in [-0.2, 0) is 4.74 Å². The van der Waals surface area contributed by atoms with E-state index in [1.54, 1.807) is 4.90 Å². The molecule has 1 aliphatic heterocycles. The average Bonchev–Trinajstić information content (AvgIpc) is 2.16. The van der Waals surface area contributed by atoms with Gasteiger partial charge in [0, 0.05) is 12.2 Å². The highest BCUT2D eigenvalue weighted by Gasteiger charge is 2.24. The fraction of sp³-hybridized carbons (Fsp3) is 0.615. The van der Waals surface area contributed by atoms with E-state index in [-0.39, 0.29) is 6.09 Å². The van der Waals surface area contributed by atoms with Crippen molar-refractivity contribution in [1.29, 1.82) is 0 Å². The van der Waals surface area contributed by atoms with Crippen LogP contribution in [0, 0.1) is 0 Å². The molecule has 0 saturated heterocycles. The summed E-state index contributed by atoms with van der Waals surface area (Å²) in [7, 11) is 0. The molecule has 0 aromatic rings. The lowest BCUT2D eigenvalue weighted by Crippen LogP contribution is -2.37. The zero-order chi connectivity index (χ0) is 12.2. The van der Waals surface area contributed by atoms with Gasteiger partial charge in [-0.05, 0) is 46.6 Å². The van der Waals surface area contributed by atoms with E-state index in [0.717, 1.165) is 25.1 Å². The van der Waals surface area contributed by atoms with Crippen molar-refractivity contribution in [2.24, 2.45) is 0 Å². The van der Waals surface area contributed by atoms with Crippen molar-refractivity contribution in [2.75, 3.05) is 6.54 Å². The SMILES string of the molecule is C/C=C/C1=CCCCN1C(=O)OC(C)(C)C. The first-order valence-corrected chi connectivity index (χ1v) is 5.77. The molecule has 0 aliphatic carbocycles. The number of hydrogen-bond acceptors (Lipinski definition) is 2. The molecule has 0 unspecified atom stereocenters. The normalized spacial score (nSPS) is 17.5. The van der Waals surface area contributed by atoms with Crippen LogP contribution in [-0.4, -0.2) is 23.1 Å². The second-order valence-electron chi connectivity index (χ2n) is 4.90. The molecule has 0 radical (unpaired) electrons. The van der Waals surface area contributed by atoms with Crippen LogP contribution in [0.1, 0.15) is 40.5 Å². The maximum atomic E-state index is 11.9. The zero-order valence-corrected chi connectivity index (χ0v) is 10.6. The summed E-state index contributed by atoms with van der Waals surface area (Å²) in [5, 5.41) is 0. The van der Waals surface area contributed by atoms with Gasteiger partial charge in [-0.25, -0.2) is 4.79 Å². The predicted molar refractivity (Wildman–Crippen MR) is 65.1 cm³/mol. The van der Waals surface area contributed by atoms with E-state index in [1.165, 1.54) is 0 Å². The van der Waals surface area contributed by atoms with Gasteiger partial charge in [0.25, 0.3) is 0 Å². The third-order valence-electron chi connectivity index (χ3n) is 2.20. The molecule has 0 spiro atoms. The molecular weight excluding hydrogens is 202 g/mol. The largest absolute Gasteiger partial charge is 0.443 e. The van der Waals surface area contributed by atoms with E-state index in [2.05, 4.69) is 6.08 Å². The van der Waals surface area contributed by atoms with Gasteiger partial charge in [-0.1, -0.05) is 12.2 Å². The first-order valence-electron chi connectivity index (χ1n) is 5.77. The minimum absolute atomic E-state index is 0.253. The van der Waals surface area contributed by atoms with Crippen LogP contribution < -0.4 is 0 Å². The highest BCUT2D eigenvalue weighted by atomic mass is 16.6. The third-order valence-corrected chi connectivity index (χ3v) is 2.20. The number of carbonyl (C=O) groups excluding carboxylic acids is 1. The molecule has 1 heterocycles. The van der Waals surface area contributed by atoms with Crippen molar-refractivity contribution in [3.05, 3.63) is 23.9 Å². The Hall–Kier alpha value is -1.25. The molecule has 0 atom stereocenters. The Morgan fingerprint density at radius 1 is 1.50 bits per heavy atom. The number of hydrogen-bond donors (Lipinski definition) is 0. The number of ether oxygens (including phenoxy) is 1. The van der Waals surface area contributed by atoms with Gasteiger partial charge < -0.3 is 4.74 Å². The molecule has 16 heavy (non-hydrogen) atoms. The highest BCUT2D eigenvalue weighted by molar-refractivity contribution is 5.71. The topological polar surface area (TPSA) is 29.5 Å². The highest BCUT2D eigenvalue weighted by Crippen LogP contribution is 2.19. The molecule has 90 valence electrons. The van der Waals surface area contributed by atoms with Crippen molar-refractivity contribution in [3.63, 3.8) is 0 Å². The van der Waals surface area contributed by atoms with Gasteiger partial charge in [0.1, 0.15) is 5.60 Å². The Labute approximate surface area is 97.8 Å². The molecule has 0 aromatic carbocycles. The van der Waals surface area contributed by atoms with E-state index in [1.807, 2.05) is 39.8 Å². The summed E-state index contributed by atoms with van der Waals surface area (Å²) in [5.74, 6) is 0. The van der Waals surface area contributed by atoms with Gasteiger partial charge in [-0.2, -0.15) is 0 Å². The maximum absolute atomic E-state index is 11.9. The molecule has 0 aromatic heterocycles. The smallest absolute Gasteiger partial charge is 0.414 e. The van der Waals surface area contributed by atoms with Crippen molar-refractivity contribution in [1.82, 2.24) is 4.90 Å². The number of allylic oxidation sites excluding steroid dienone is 3. The van der Waals surface area contributed by atoms with Crippen LogP contribution >= 0.6 is 0 Å². The minimum atomic E-state index is -0.435. The number of amides is 1. The Balaban J connectivity index is 2.74. The van der Waals surface area contributed by atoms with E-state index in [9.17, 15) is 4.79 Å². The van der Waals surface area contributed by atoms with Gasteiger partial charge in [0.2, 0.25) is 0 Å². The van der Waals surface area contributed by atoms with Crippen molar-refractivity contribution in [3.8, 4) is 0 Å². The fourth-order valence-electron chi connectivity index (χ4n) is 1.58. The summed E-state index contributed by atoms with van der Waals surface area (Å²) in [6.45, 7) is 8.34. The van der Waals surface area contributed by atoms with Gasteiger partial charge in [0.15, 0.2) is 0 Å². The van der Waals surface area contributed by atoms with Crippen LogP contribution in [0.25, 0.3) is 0 Å². The molecule has 3 heteroatoms. The van der Waals surface area contributed by atoms with Crippen LogP contribution in [0.4, 0.5) is 4.79 Å². The Morgan fingerprint density at radius 2 is 2.19 bits per heavy atom. The lowest BCUT2D eigenvalue weighted by atomic mass is 10.1. The second-order valence-corrected chi connectivity index (χ2v) is 4.90. The summed E-state index contributed by atoms with van der Waals surface area (Å²) in [4.78, 5) is 13.6. The van der Waals surface area contributed by atoms with Gasteiger partial charge in [-0.3, -0.25) is 4.90 Å². The van der Waals surface area contributed by atoms with Crippen molar-refractivity contribution >= 4 is 6.09 Å². The lowest BCUT2D eigenvalue weighted by molar-refractivity contribution is 0.0311. The molecule has 3 nitrogen and oxygen atoms in total. The molecule has 0 saturated carbocycles. The first-order chi connectivity index (χ1) is 7.44. The third kappa shape index (κ3) is 3.72. The van der Waals surface area contributed by atoms with E-state index < -0.39 is 5.60 Å². The predicted octanol–water partition coefficient (Wildman–Crippen LogP) is 3.48. The van der Waals surface area contributed by atoms with Gasteiger partial charge in [0.05, 0.1) is 0 Å². The monoisotopic (exact) mass is 223 g/mol. The number of rotatable bonds is 1. The van der Waals surface area contributed by atoms with E-state index >= 15 is 0 Å². The van der Waals surface area contributed by atoms with Gasteiger partial charge in [-0.15, -0.1) is 0 Å². The van der Waals surface area contributed by atoms with Crippen molar-refractivity contribution < 1.29 is 9.53 Å². The molecule has 1 aliphatic rings. The molecule has 0 bridgehead atoms. The Kier molecular flexibility index (Phi) is 4.16. The summed E-state index contributed by atoms with van der Waals surface area (Å²) in [5.41, 5.74) is 0.512. The minimum Gasteiger partial charge on any atom is -0.443 e. The average molecular weight is 223 g/mol. The van der Waals surface area contributed by atoms with Crippen LogP contribution in [0.3, 0.4) is 0 Å². The summed E-state index contributed by atoms with van der Waals surface area (Å²) in [6.07, 6.45) is 7.74. The molecule has 0 N–H and O–H groups in total. The summed E-state index contributed by atoms with van der Waals surface area (Å²) in [6, 6.07) is 0. The maximum Gasteiger partial charge on any atom is 0.414 e. The van der Waals surface area contributed by atoms with Crippen LogP contribution in [0.5, 0.6) is 0 Å². The summed E-state index contributed by atoms with van der Waals surface area (Å²) < 4.78 is 5.37. The standard InChI is InChI=1S/C13H21NO2/c1-5-8-11-9-6-7-10-14(11)12(15)16-13(2,3)4/h5,8-9H,6-7,10H2,1-4H3/b8-5+. The molecule has 0 fully saturated rings. The quantitative estimate of drug-likeness (QED) is 0.681. The number of nitrogens with zero attached hydrogens (tertiary/aromatic N) is 1. The molecular formula is C13H21NO2. The molecule has 1 amide bonds. The fourth-order valence-corrected chi connectivity index (χ4v) is 1.58. The van der Waals surface area contributed by atoms with Gasteiger partial charge >= 0.3 is 6.09 Å². The lowest BCUT2D eigenvalue weighted by Gasteiger charge is -2.30. The Morgan fingerprint density at radius 3 is 2.75 bits per heavy atom. The zero-order valence-electron chi connectivity index (χ0n) is 10.6. The van der Waals surface area contributed by atoms with Crippen molar-refractivity contribution in [2.45, 2.75) is 46.1 Å². The van der Waals surface area contributed by atoms with Crippen LogP contribution in [0.15, 0.2) is 23.9 Å². The van der Waals surface area contributed by atoms with Crippen LogP contribution in [0.2, 0.25) is 0 Å². The first kappa shape index (κ1) is 12.8.